The monoisotopic (exact) mass is 601 g/mol. The van der Waals surface area contributed by atoms with Gasteiger partial charge >= 0.3 is 5.63 Å². The Hall–Kier alpha value is -2.39. The fraction of sp³-hybridized carbons (Fsp3) is 0.448. The average molecular weight is 603 g/mol. The van der Waals surface area contributed by atoms with E-state index in [1.807, 2.05) is 6.92 Å². The van der Waals surface area contributed by atoms with Crippen LogP contribution in [-0.2, 0) is 17.8 Å². The molecule has 38 heavy (non-hydrogen) atoms. The minimum Gasteiger partial charge on any atom is -0.489 e. The third-order valence-corrected chi connectivity index (χ3v) is 8.40. The van der Waals surface area contributed by atoms with E-state index in [1.165, 1.54) is 5.56 Å². The third-order valence-electron chi connectivity index (χ3n) is 7.37. The lowest BCUT2D eigenvalue weighted by molar-refractivity contribution is -0.121. The first-order valence-corrected chi connectivity index (χ1v) is 14.4. The predicted octanol–water partition coefficient (Wildman–Crippen LogP) is 4.97. The molecule has 0 aliphatic carbocycles. The normalized spacial score (nSPS) is 17.6. The highest BCUT2D eigenvalue weighted by Crippen LogP contribution is 2.29. The number of hydrogen-bond donors (Lipinski definition) is 2. The maximum atomic E-state index is 12.7. The molecule has 0 saturated carbocycles. The summed E-state index contributed by atoms with van der Waals surface area (Å²) in [4.78, 5) is 27.5. The molecule has 3 aromatic rings. The summed E-state index contributed by atoms with van der Waals surface area (Å²) in [6.07, 6.45) is 4.06. The summed E-state index contributed by atoms with van der Waals surface area (Å²) in [6, 6.07) is 11.7. The van der Waals surface area contributed by atoms with Crippen LogP contribution in [0.4, 0.5) is 0 Å². The molecule has 9 heteroatoms. The lowest BCUT2D eigenvalue weighted by Gasteiger charge is -2.32. The highest BCUT2D eigenvalue weighted by molar-refractivity contribution is 9.10. The van der Waals surface area contributed by atoms with Crippen LogP contribution in [0.5, 0.6) is 5.75 Å². The Morgan fingerprint density at radius 2 is 1.92 bits per heavy atom. The summed E-state index contributed by atoms with van der Waals surface area (Å²) in [5.74, 6) is 0.738. The minimum absolute atomic E-state index is 0.0101. The van der Waals surface area contributed by atoms with Gasteiger partial charge in [-0.2, -0.15) is 0 Å². The quantitative estimate of drug-likeness (QED) is 0.372. The van der Waals surface area contributed by atoms with Crippen molar-refractivity contribution >= 4 is 44.4 Å². The molecule has 0 spiro atoms. The molecule has 5 rings (SSSR count). The van der Waals surface area contributed by atoms with Crippen molar-refractivity contribution in [2.75, 3.05) is 26.2 Å². The van der Waals surface area contributed by atoms with Gasteiger partial charge in [0, 0.05) is 41.6 Å². The van der Waals surface area contributed by atoms with Gasteiger partial charge in [0.15, 0.2) is 0 Å². The van der Waals surface area contributed by atoms with Gasteiger partial charge in [0.2, 0.25) is 5.91 Å². The minimum atomic E-state index is -0.484. The molecule has 2 fully saturated rings. The number of piperidine rings is 2. The molecule has 2 aliphatic rings. The molecule has 2 aromatic carbocycles. The Morgan fingerprint density at radius 1 is 1.16 bits per heavy atom. The number of aryl methyl sites for hydroxylation is 1. The maximum Gasteiger partial charge on any atom is 0.339 e. The maximum absolute atomic E-state index is 12.7. The second kappa shape index (κ2) is 12.2. The van der Waals surface area contributed by atoms with Crippen molar-refractivity contribution in [3.63, 3.8) is 0 Å². The fourth-order valence-electron chi connectivity index (χ4n) is 5.18. The molecule has 202 valence electrons. The smallest absolute Gasteiger partial charge is 0.339 e. The van der Waals surface area contributed by atoms with E-state index < -0.39 is 5.63 Å². The number of ether oxygens (including phenoxy) is 1. The van der Waals surface area contributed by atoms with Crippen LogP contribution in [0.2, 0.25) is 5.02 Å². The number of likely N-dealkylation sites (tertiary alicyclic amines) is 1. The van der Waals surface area contributed by atoms with Gasteiger partial charge in [-0.15, -0.1) is 0 Å². The van der Waals surface area contributed by atoms with E-state index in [2.05, 4.69) is 49.7 Å². The van der Waals surface area contributed by atoms with E-state index in [0.717, 1.165) is 74.2 Å². The summed E-state index contributed by atoms with van der Waals surface area (Å²) in [5, 5.41) is 7.78. The highest BCUT2D eigenvalue weighted by Gasteiger charge is 2.22. The molecule has 0 bridgehead atoms. The number of benzene rings is 2. The van der Waals surface area contributed by atoms with Gasteiger partial charge in [0.1, 0.15) is 17.4 Å². The van der Waals surface area contributed by atoms with Crippen LogP contribution in [0.15, 0.2) is 50.1 Å². The molecule has 2 aliphatic heterocycles. The number of halogens is 2. The van der Waals surface area contributed by atoms with Crippen LogP contribution < -0.4 is 21.0 Å². The van der Waals surface area contributed by atoms with Gasteiger partial charge in [0.25, 0.3) is 0 Å². The second-order valence-corrected chi connectivity index (χ2v) is 11.6. The highest BCUT2D eigenvalue weighted by atomic mass is 79.9. The molecule has 0 unspecified atom stereocenters. The number of fused-ring (bicyclic) bond motifs is 1. The standard InChI is InChI=1S/C29H33BrClN3O4/c1-18-12-27-20(15-25(18)31)14-21(29(36)38-27)16-28(35)33-22-6-10-34(11-7-22)17-19-2-3-26(24(30)13-19)37-23-4-8-32-9-5-23/h2-3,12-15,22-23,32H,4-11,16-17H2,1H3,(H,33,35). The number of carbonyl (C=O) groups excluding carboxylic acids is 1. The first-order chi connectivity index (χ1) is 18.3. The topological polar surface area (TPSA) is 83.8 Å². The summed E-state index contributed by atoms with van der Waals surface area (Å²) in [6.45, 7) is 6.51. The van der Waals surface area contributed by atoms with Crippen molar-refractivity contribution in [1.29, 1.82) is 0 Å². The van der Waals surface area contributed by atoms with Crippen LogP contribution >= 0.6 is 27.5 Å². The van der Waals surface area contributed by atoms with Crippen LogP contribution in [0.1, 0.15) is 42.4 Å². The summed E-state index contributed by atoms with van der Waals surface area (Å²) in [7, 11) is 0. The Kier molecular flexibility index (Phi) is 8.73. The zero-order valence-corrected chi connectivity index (χ0v) is 23.9. The summed E-state index contributed by atoms with van der Waals surface area (Å²) >= 11 is 9.90. The molecule has 1 aromatic heterocycles. The van der Waals surface area contributed by atoms with Crippen LogP contribution in [0, 0.1) is 6.92 Å². The van der Waals surface area contributed by atoms with E-state index in [4.69, 9.17) is 20.8 Å². The fourth-order valence-corrected chi connectivity index (χ4v) is 5.88. The van der Waals surface area contributed by atoms with E-state index >= 15 is 0 Å². The first kappa shape index (κ1) is 27.2. The Labute approximate surface area is 236 Å². The number of carbonyl (C=O) groups is 1. The number of amides is 1. The zero-order valence-electron chi connectivity index (χ0n) is 21.5. The summed E-state index contributed by atoms with van der Waals surface area (Å²) < 4.78 is 12.6. The molecular weight excluding hydrogens is 570 g/mol. The average Bonchev–Trinajstić information content (AvgIpc) is 2.89. The van der Waals surface area contributed by atoms with Gasteiger partial charge in [0.05, 0.1) is 10.9 Å². The van der Waals surface area contributed by atoms with E-state index in [0.29, 0.717) is 21.6 Å². The lowest BCUT2D eigenvalue weighted by atomic mass is 10.0. The first-order valence-electron chi connectivity index (χ1n) is 13.2. The second-order valence-electron chi connectivity index (χ2n) is 10.3. The zero-order chi connectivity index (χ0) is 26.6. The Morgan fingerprint density at radius 3 is 2.66 bits per heavy atom. The number of hydrogen-bond acceptors (Lipinski definition) is 6. The molecule has 1 amide bonds. The van der Waals surface area contributed by atoms with Crippen molar-refractivity contribution in [3.8, 4) is 5.75 Å². The van der Waals surface area contributed by atoms with Crippen molar-refractivity contribution in [2.24, 2.45) is 0 Å². The lowest BCUT2D eigenvalue weighted by Crippen LogP contribution is -2.45. The molecule has 0 radical (unpaired) electrons. The number of nitrogens with one attached hydrogen (secondary N) is 2. The van der Waals surface area contributed by atoms with E-state index in [1.54, 1.807) is 18.2 Å². The predicted molar refractivity (Wildman–Crippen MR) is 153 cm³/mol. The molecule has 2 saturated heterocycles. The largest absolute Gasteiger partial charge is 0.489 e. The number of nitrogens with zero attached hydrogens (tertiary/aromatic N) is 1. The van der Waals surface area contributed by atoms with E-state index in [9.17, 15) is 9.59 Å². The van der Waals surface area contributed by atoms with Crippen molar-refractivity contribution in [2.45, 2.75) is 57.7 Å². The van der Waals surface area contributed by atoms with Gasteiger partial charge < -0.3 is 19.8 Å². The van der Waals surface area contributed by atoms with Crippen LogP contribution in [0.25, 0.3) is 11.0 Å². The molecular formula is C29H33BrClN3O4. The van der Waals surface area contributed by atoms with E-state index in [-0.39, 0.29) is 24.5 Å². The van der Waals surface area contributed by atoms with Gasteiger partial charge in [-0.05, 0) is 103 Å². The molecule has 0 atom stereocenters. The number of rotatable bonds is 7. The van der Waals surface area contributed by atoms with Gasteiger partial charge in [-0.3, -0.25) is 9.69 Å². The molecule has 2 N–H and O–H groups in total. The molecule has 3 heterocycles. The molecule has 7 nitrogen and oxygen atoms in total. The van der Waals surface area contributed by atoms with Crippen molar-refractivity contribution < 1.29 is 13.9 Å². The van der Waals surface area contributed by atoms with Crippen molar-refractivity contribution in [1.82, 2.24) is 15.5 Å². The van der Waals surface area contributed by atoms with Crippen molar-refractivity contribution in [3.05, 3.63) is 73.0 Å². The third kappa shape index (κ3) is 6.78. The Balaban J connectivity index is 1.10. The van der Waals surface area contributed by atoms with Gasteiger partial charge in [-0.1, -0.05) is 17.7 Å². The summed E-state index contributed by atoms with van der Waals surface area (Å²) in [5.41, 5.74) is 2.40. The van der Waals surface area contributed by atoms with Crippen LogP contribution in [-0.4, -0.2) is 49.1 Å². The SMILES string of the molecule is Cc1cc2oc(=O)c(CC(=O)NC3CCN(Cc4ccc(OC5CCNCC5)c(Br)c4)CC3)cc2cc1Cl. The van der Waals surface area contributed by atoms with Gasteiger partial charge in [-0.25, -0.2) is 4.79 Å². The van der Waals surface area contributed by atoms with Crippen LogP contribution in [0.3, 0.4) is 0 Å². The Bertz CT molecular complexity index is 1360.